The van der Waals surface area contributed by atoms with Gasteiger partial charge in [0.25, 0.3) is 0 Å². The molecule has 144 valence electrons. The largest absolute Gasteiger partial charge is 0.381 e. The van der Waals surface area contributed by atoms with E-state index in [-0.39, 0.29) is 24.0 Å². The van der Waals surface area contributed by atoms with Crippen molar-refractivity contribution in [3.8, 4) is 0 Å². The molecular weight excluding hydrogens is 415 g/mol. The molecule has 0 aliphatic carbocycles. The molecule has 1 saturated heterocycles. The average molecular weight is 454 g/mol. The first-order valence-corrected chi connectivity index (χ1v) is 9.36. The van der Waals surface area contributed by atoms with E-state index >= 15 is 0 Å². The van der Waals surface area contributed by atoms with E-state index in [0.717, 1.165) is 44.6 Å². The lowest BCUT2D eigenvalue weighted by Crippen LogP contribution is -2.40. The summed E-state index contributed by atoms with van der Waals surface area (Å²) in [5, 5.41) is 6.75. The monoisotopic (exact) mass is 454 g/mol. The second-order valence-electron chi connectivity index (χ2n) is 7.13. The Morgan fingerprint density at radius 3 is 2.38 bits per heavy atom. The summed E-state index contributed by atoms with van der Waals surface area (Å²) in [5.74, 6) is 2.43. The van der Waals surface area contributed by atoms with Crippen LogP contribution in [0.2, 0.25) is 0 Å². The van der Waals surface area contributed by atoms with Gasteiger partial charge in [0.1, 0.15) is 0 Å². The van der Waals surface area contributed by atoms with Gasteiger partial charge < -0.3 is 20.3 Å². The van der Waals surface area contributed by atoms with Gasteiger partial charge in [-0.1, -0.05) is 20.8 Å². The molecule has 24 heavy (non-hydrogen) atoms. The smallest absolute Gasteiger partial charge is 0.190 e. The molecule has 0 bridgehead atoms. The minimum atomic E-state index is 0. The zero-order chi connectivity index (χ0) is 16.9. The van der Waals surface area contributed by atoms with Gasteiger partial charge in [0.05, 0.1) is 0 Å². The molecule has 0 unspecified atom stereocenters. The first kappa shape index (κ1) is 23.9. The predicted molar refractivity (Wildman–Crippen MR) is 115 cm³/mol. The molecule has 1 heterocycles. The molecule has 0 spiro atoms. The molecule has 0 saturated carbocycles. The molecule has 0 amide bonds. The Labute approximate surface area is 166 Å². The standard InChI is InChI=1S/C18H38N4O.HI/c1-16(2)15-23-14-6-10-21-18(19-4)20-9-5-11-22-12-7-17(3)8-13-22;/h16-17H,5-15H2,1-4H3,(H2,19,20,21);1H. The van der Waals surface area contributed by atoms with E-state index in [1.807, 2.05) is 7.05 Å². The summed E-state index contributed by atoms with van der Waals surface area (Å²) < 4.78 is 5.58. The fourth-order valence-corrected chi connectivity index (χ4v) is 2.72. The topological polar surface area (TPSA) is 48.9 Å². The summed E-state index contributed by atoms with van der Waals surface area (Å²) in [5.41, 5.74) is 0. The Kier molecular flexibility index (Phi) is 15.1. The molecule has 2 N–H and O–H groups in total. The number of hydrogen-bond donors (Lipinski definition) is 2. The van der Waals surface area contributed by atoms with Gasteiger partial charge in [0.15, 0.2) is 5.96 Å². The van der Waals surface area contributed by atoms with Gasteiger partial charge >= 0.3 is 0 Å². The summed E-state index contributed by atoms with van der Waals surface area (Å²) in [4.78, 5) is 6.86. The number of piperidine rings is 1. The van der Waals surface area contributed by atoms with Crippen molar-refractivity contribution in [2.45, 2.75) is 46.5 Å². The van der Waals surface area contributed by atoms with E-state index in [2.05, 4.69) is 41.3 Å². The maximum absolute atomic E-state index is 5.58. The number of guanidine groups is 1. The molecular formula is C18H39IN4O. The SMILES string of the molecule is CN=C(NCCCOCC(C)C)NCCCN1CCC(C)CC1.I. The Morgan fingerprint density at radius 2 is 1.79 bits per heavy atom. The number of likely N-dealkylation sites (tertiary alicyclic amines) is 1. The molecule has 1 aliphatic rings. The highest BCUT2D eigenvalue weighted by Gasteiger charge is 2.14. The van der Waals surface area contributed by atoms with Crippen LogP contribution in [-0.2, 0) is 4.74 Å². The molecule has 0 atom stereocenters. The summed E-state index contributed by atoms with van der Waals surface area (Å²) in [6.07, 6.45) is 4.90. The summed E-state index contributed by atoms with van der Waals surface area (Å²) in [7, 11) is 1.83. The Hall–Kier alpha value is -0.0800. The predicted octanol–water partition coefficient (Wildman–Crippen LogP) is 2.95. The van der Waals surface area contributed by atoms with E-state index in [9.17, 15) is 0 Å². The van der Waals surface area contributed by atoms with Crippen LogP contribution in [0.3, 0.4) is 0 Å². The maximum Gasteiger partial charge on any atom is 0.190 e. The lowest BCUT2D eigenvalue weighted by atomic mass is 9.99. The number of rotatable bonds is 10. The van der Waals surface area contributed by atoms with Crippen LogP contribution in [0.25, 0.3) is 0 Å². The number of halogens is 1. The van der Waals surface area contributed by atoms with Gasteiger partial charge in [-0.25, -0.2) is 0 Å². The van der Waals surface area contributed by atoms with Crippen molar-refractivity contribution in [2.24, 2.45) is 16.8 Å². The van der Waals surface area contributed by atoms with Gasteiger partial charge in [0, 0.05) is 33.4 Å². The van der Waals surface area contributed by atoms with Gasteiger partial charge in [-0.15, -0.1) is 24.0 Å². The van der Waals surface area contributed by atoms with E-state index in [1.54, 1.807) is 0 Å². The Morgan fingerprint density at radius 1 is 1.17 bits per heavy atom. The van der Waals surface area contributed by atoms with Crippen LogP contribution < -0.4 is 10.6 Å². The van der Waals surface area contributed by atoms with Crippen LogP contribution in [0.15, 0.2) is 4.99 Å². The van der Waals surface area contributed by atoms with Gasteiger partial charge in [-0.2, -0.15) is 0 Å². The van der Waals surface area contributed by atoms with Crippen LogP contribution in [-0.4, -0.2) is 63.8 Å². The van der Waals surface area contributed by atoms with Gasteiger partial charge in [0.2, 0.25) is 0 Å². The first-order valence-electron chi connectivity index (χ1n) is 9.36. The summed E-state index contributed by atoms with van der Waals surface area (Å²) in [6.45, 7) is 14.0. The molecule has 1 aliphatic heterocycles. The van der Waals surface area contributed by atoms with E-state index in [1.165, 1.54) is 38.9 Å². The number of aliphatic imine (C=N–C) groups is 1. The fraction of sp³-hybridized carbons (Fsp3) is 0.944. The number of ether oxygens (including phenoxy) is 1. The average Bonchev–Trinajstić information content (AvgIpc) is 2.54. The molecule has 0 aromatic heterocycles. The Bertz CT molecular complexity index is 318. The highest BCUT2D eigenvalue weighted by atomic mass is 127. The van der Waals surface area contributed by atoms with Crippen molar-refractivity contribution in [1.82, 2.24) is 15.5 Å². The van der Waals surface area contributed by atoms with Crippen molar-refractivity contribution in [3.05, 3.63) is 0 Å². The van der Waals surface area contributed by atoms with Crippen molar-refractivity contribution in [1.29, 1.82) is 0 Å². The number of nitrogens with one attached hydrogen (secondary N) is 2. The Balaban J connectivity index is 0.00000529. The molecule has 0 aromatic rings. The lowest BCUT2D eigenvalue weighted by molar-refractivity contribution is 0.108. The van der Waals surface area contributed by atoms with Crippen LogP contribution in [0.1, 0.15) is 46.5 Å². The lowest BCUT2D eigenvalue weighted by Gasteiger charge is -2.30. The first-order chi connectivity index (χ1) is 11.1. The van der Waals surface area contributed by atoms with Crippen LogP contribution >= 0.6 is 24.0 Å². The second-order valence-corrected chi connectivity index (χ2v) is 7.13. The second kappa shape index (κ2) is 15.2. The molecule has 0 aromatic carbocycles. The zero-order valence-electron chi connectivity index (χ0n) is 16.1. The van der Waals surface area contributed by atoms with Gasteiger partial charge in [-0.05, 0) is 57.2 Å². The van der Waals surface area contributed by atoms with Crippen molar-refractivity contribution < 1.29 is 4.74 Å². The fourth-order valence-electron chi connectivity index (χ4n) is 2.72. The van der Waals surface area contributed by atoms with Crippen LogP contribution in [0, 0.1) is 11.8 Å². The van der Waals surface area contributed by atoms with E-state index in [0.29, 0.717) is 5.92 Å². The third-order valence-electron chi connectivity index (χ3n) is 4.25. The van der Waals surface area contributed by atoms with E-state index < -0.39 is 0 Å². The third-order valence-corrected chi connectivity index (χ3v) is 4.25. The van der Waals surface area contributed by atoms with Crippen molar-refractivity contribution in [2.75, 3.05) is 53.0 Å². The zero-order valence-corrected chi connectivity index (χ0v) is 18.5. The minimum Gasteiger partial charge on any atom is -0.381 e. The number of hydrogen-bond acceptors (Lipinski definition) is 3. The minimum absolute atomic E-state index is 0. The summed E-state index contributed by atoms with van der Waals surface area (Å²) in [6, 6.07) is 0. The third kappa shape index (κ3) is 12.3. The molecule has 1 rings (SSSR count). The van der Waals surface area contributed by atoms with Crippen molar-refractivity contribution >= 4 is 29.9 Å². The highest BCUT2D eigenvalue weighted by molar-refractivity contribution is 14.0. The van der Waals surface area contributed by atoms with Crippen molar-refractivity contribution in [3.63, 3.8) is 0 Å². The molecule has 5 nitrogen and oxygen atoms in total. The van der Waals surface area contributed by atoms with Gasteiger partial charge in [-0.3, -0.25) is 4.99 Å². The quantitative estimate of drug-likeness (QED) is 0.231. The van der Waals surface area contributed by atoms with E-state index in [4.69, 9.17) is 4.74 Å². The molecule has 0 radical (unpaired) electrons. The number of nitrogens with zero attached hydrogens (tertiary/aromatic N) is 2. The molecule has 6 heteroatoms. The molecule has 1 fully saturated rings. The van der Waals surface area contributed by atoms with Crippen LogP contribution in [0.4, 0.5) is 0 Å². The summed E-state index contributed by atoms with van der Waals surface area (Å²) >= 11 is 0. The normalized spacial score (nSPS) is 17.0. The van der Waals surface area contributed by atoms with Crippen LogP contribution in [0.5, 0.6) is 0 Å². The highest BCUT2D eigenvalue weighted by Crippen LogP contribution is 2.15. The maximum atomic E-state index is 5.58.